The first-order valence-corrected chi connectivity index (χ1v) is 11.9. The summed E-state index contributed by atoms with van der Waals surface area (Å²) in [6.07, 6.45) is 1.34. The van der Waals surface area contributed by atoms with Gasteiger partial charge in [0.05, 0.1) is 6.16 Å². The Labute approximate surface area is 173 Å². The predicted molar refractivity (Wildman–Crippen MR) is 125 cm³/mol. The van der Waals surface area contributed by atoms with Gasteiger partial charge in [-0.05, 0) is 36.4 Å². The minimum atomic E-state index is -1.95. The quantitative estimate of drug-likeness (QED) is 0.308. The molecule has 1 nitrogen and oxygen atoms in total. The van der Waals surface area contributed by atoms with Gasteiger partial charge in [0, 0.05) is 12.0 Å². The van der Waals surface area contributed by atoms with Crippen LogP contribution in [0, 0.1) is 0 Å². The third-order valence-corrected chi connectivity index (χ3v) is 9.79. The number of ketones is 1. The van der Waals surface area contributed by atoms with Crippen LogP contribution < -0.4 is 15.9 Å². The molecule has 0 aliphatic rings. The molecule has 0 aromatic heterocycles. The summed E-state index contributed by atoms with van der Waals surface area (Å²) in [6.45, 7) is 0. The standard InChI is InChI=1S/C27H24OP/c28-27(23-13-5-1-6-14-23)21-22-29(24-15-7-2-8-16-24,25-17-9-3-10-18-25)26-19-11-4-12-20-26/h1-20H,21-22H2/q+1. The summed E-state index contributed by atoms with van der Waals surface area (Å²) in [5, 5.41) is 3.95. The summed E-state index contributed by atoms with van der Waals surface area (Å²) in [6, 6.07) is 41.8. The number of Topliss-reactive ketones (excluding diaryl/α,β-unsaturated/α-hetero) is 1. The third-order valence-electron chi connectivity index (χ3n) is 5.36. The average molecular weight is 395 g/mol. The van der Waals surface area contributed by atoms with Gasteiger partial charge in [0.25, 0.3) is 0 Å². The van der Waals surface area contributed by atoms with Gasteiger partial charge in [0.15, 0.2) is 5.78 Å². The smallest absolute Gasteiger partial charge is 0.166 e. The Balaban J connectivity index is 1.83. The van der Waals surface area contributed by atoms with Gasteiger partial charge >= 0.3 is 0 Å². The first kappa shape index (κ1) is 19.3. The van der Waals surface area contributed by atoms with Crippen molar-refractivity contribution in [2.24, 2.45) is 0 Å². The summed E-state index contributed by atoms with van der Waals surface area (Å²) >= 11 is 0. The van der Waals surface area contributed by atoms with E-state index in [4.69, 9.17) is 0 Å². The van der Waals surface area contributed by atoms with Crippen molar-refractivity contribution in [2.45, 2.75) is 6.42 Å². The monoisotopic (exact) mass is 395 g/mol. The summed E-state index contributed by atoms with van der Waals surface area (Å²) in [7, 11) is -1.95. The molecule has 29 heavy (non-hydrogen) atoms. The number of rotatable bonds is 7. The molecular formula is C27H24OP+. The van der Waals surface area contributed by atoms with Crippen LogP contribution in [0.3, 0.4) is 0 Å². The fraction of sp³-hybridized carbons (Fsp3) is 0.0741. The van der Waals surface area contributed by atoms with Crippen LogP contribution in [0.2, 0.25) is 0 Å². The molecule has 0 saturated heterocycles. The van der Waals surface area contributed by atoms with Crippen LogP contribution in [0.1, 0.15) is 16.8 Å². The summed E-state index contributed by atoms with van der Waals surface area (Å²) in [4.78, 5) is 13.0. The zero-order valence-electron chi connectivity index (χ0n) is 16.3. The minimum Gasteiger partial charge on any atom is -0.294 e. The van der Waals surface area contributed by atoms with Gasteiger partial charge in [-0.1, -0.05) is 84.9 Å². The molecule has 4 rings (SSSR count). The van der Waals surface area contributed by atoms with Crippen molar-refractivity contribution in [3.63, 3.8) is 0 Å². The van der Waals surface area contributed by atoms with Gasteiger partial charge in [-0.2, -0.15) is 0 Å². The van der Waals surface area contributed by atoms with E-state index in [0.717, 1.165) is 11.7 Å². The lowest BCUT2D eigenvalue weighted by Gasteiger charge is -2.27. The number of hydrogen-bond acceptors (Lipinski definition) is 1. The Morgan fingerprint density at radius 2 is 0.862 bits per heavy atom. The molecular weight excluding hydrogens is 371 g/mol. The van der Waals surface area contributed by atoms with Crippen LogP contribution in [0.5, 0.6) is 0 Å². The van der Waals surface area contributed by atoms with Gasteiger partial charge < -0.3 is 0 Å². The molecule has 0 N–H and O–H groups in total. The highest BCUT2D eigenvalue weighted by Crippen LogP contribution is 2.55. The van der Waals surface area contributed by atoms with E-state index in [1.54, 1.807) is 0 Å². The van der Waals surface area contributed by atoms with E-state index in [-0.39, 0.29) is 5.78 Å². The lowest BCUT2D eigenvalue weighted by Crippen LogP contribution is -2.34. The zero-order valence-corrected chi connectivity index (χ0v) is 17.2. The molecule has 142 valence electrons. The molecule has 0 unspecified atom stereocenters. The van der Waals surface area contributed by atoms with E-state index < -0.39 is 7.26 Å². The number of carbonyl (C=O) groups excluding carboxylic acids is 1. The van der Waals surface area contributed by atoms with Gasteiger partial charge in [-0.25, -0.2) is 0 Å². The van der Waals surface area contributed by atoms with Crippen molar-refractivity contribution in [2.75, 3.05) is 6.16 Å². The Hall–Kier alpha value is -3.02. The lowest BCUT2D eigenvalue weighted by molar-refractivity contribution is 0.0989. The second-order valence-electron chi connectivity index (χ2n) is 7.08. The SMILES string of the molecule is O=C(CC[P+](c1ccccc1)(c1ccccc1)c1ccccc1)c1ccccc1. The highest BCUT2D eigenvalue weighted by Gasteiger charge is 2.45. The molecule has 4 aromatic carbocycles. The van der Waals surface area contributed by atoms with Crippen LogP contribution in [-0.4, -0.2) is 11.9 Å². The molecule has 0 spiro atoms. The van der Waals surface area contributed by atoms with E-state index in [1.807, 2.05) is 30.3 Å². The van der Waals surface area contributed by atoms with Gasteiger partial charge in [-0.3, -0.25) is 4.79 Å². The maximum absolute atomic E-state index is 13.0. The Kier molecular flexibility index (Phi) is 5.98. The molecule has 0 aliphatic heterocycles. The molecule has 4 aromatic rings. The highest BCUT2D eigenvalue weighted by atomic mass is 31.2. The second-order valence-corrected chi connectivity index (χ2v) is 10.7. The van der Waals surface area contributed by atoms with Crippen LogP contribution in [0.15, 0.2) is 121 Å². The molecule has 0 atom stereocenters. The molecule has 0 amide bonds. The summed E-state index contributed by atoms with van der Waals surface area (Å²) in [5.41, 5.74) is 0.791. The molecule has 0 bridgehead atoms. The molecule has 0 radical (unpaired) electrons. The normalized spacial score (nSPS) is 11.2. The van der Waals surface area contributed by atoms with Gasteiger partial charge in [-0.15, -0.1) is 0 Å². The average Bonchev–Trinajstić information content (AvgIpc) is 2.82. The van der Waals surface area contributed by atoms with Crippen LogP contribution in [0.4, 0.5) is 0 Å². The fourth-order valence-electron chi connectivity index (χ4n) is 3.92. The first-order chi connectivity index (χ1) is 14.3. The van der Waals surface area contributed by atoms with Gasteiger partial charge in [0.2, 0.25) is 0 Å². The number of carbonyl (C=O) groups is 1. The Bertz CT molecular complexity index is 948. The first-order valence-electron chi connectivity index (χ1n) is 9.94. The van der Waals surface area contributed by atoms with Crippen molar-refractivity contribution in [3.8, 4) is 0 Å². The van der Waals surface area contributed by atoms with Crippen molar-refractivity contribution in [1.29, 1.82) is 0 Å². The van der Waals surface area contributed by atoms with Crippen LogP contribution in [0.25, 0.3) is 0 Å². The second kappa shape index (κ2) is 8.99. The van der Waals surface area contributed by atoms with Crippen molar-refractivity contribution in [1.82, 2.24) is 0 Å². The van der Waals surface area contributed by atoms with Crippen molar-refractivity contribution >= 4 is 29.0 Å². The van der Waals surface area contributed by atoms with Gasteiger partial charge in [0.1, 0.15) is 23.2 Å². The topological polar surface area (TPSA) is 17.1 Å². The maximum Gasteiger partial charge on any atom is 0.166 e. The largest absolute Gasteiger partial charge is 0.294 e. The molecule has 0 saturated carbocycles. The molecule has 0 fully saturated rings. The molecule has 2 heteroatoms. The van der Waals surface area contributed by atoms with Crippen LogP contribution in [-0.2, 0) is 0 Å². The zero-order chi connectivity index (χ0) is 19.9. The number of hydrogen-bond donors (Lipinski definition) is 0. The minimum absolute atomic E-state index is 0.206. The van der Waals surface area contributed by atoms with E-state index in [9.17, 15) is 4.79 Å². The third kappa shape index (κ3) is 4.06. The summed E-state index contributed by atoms with van der Waals surface area (Å²) in [5.74, 6) is 0.206. The molecule has 0 heterocycles. The summed E-state index contributed by atoms with van der Waals surface area (Å²) < 4.78 is 0. The Morgan fingerprint density at radius 1 is 0.517 bits per heavy atom. The number of benzene rings is 4. The lowest BCUT2D eigenvalue weighted by atomic mass is 10.1. The predicted octanol–water partition coefficient (Wildman–Crippen LogP) is 5.25. The van der Waals surface area contributed by atoms with Crippen molar-refractivity contribution in [3.05, 3.63) is 127 Å². The highest BCUT2D eigenvalue weighted by molar-refractivity contribution is 7.95. The maximum atomic E-state index is 13.0. The molecule has 0 aliphatic carbocycles. The Morgan fingerprint density at radius 3 is 1.24 bits per heavy atom. The van der Waals surface area contributed by atoms with Crippen molar-refractivity contribution < 1.29 is 4.79 Å². The fourth-order valence-corrected chi connectivity index (χ4v) is 8.17. The van der Waals surface area contributed by atoms with E-state index in [0.29, 0.717) is 6.42 Å². The van der Waals surface area contributed by atoms with E-state index in [2.05, 4.69) is 91.0 Å². The van der Waals surface area contributed by atoms with E-state index in [1.165, 1.54) is 15.9 Å². The van der Waals surface area contributed by atoms with Crippen LogP contribution >= 0.6 is 7.26 Å². The van der Waals surface area contributed by atoms with E-state index >= 15 is 0 Å².